The van der Waals surface area contributed by atoms with Crippen molar-refractivity contribution in [3.05, 3.63) is 22.4 Å². The minimum absolute atomic E-state index is 0. The molecule has 1 aromatic rings. The van der Waals surface area contributed by atoms with Crippen LogP contribution in [0.5, 0.6) is 0 Å². The summed E-state index contributed by atoms with van der Waals surface area (Å²) in [4.78, 5) is 0. The van der Waals surface area contributed by atoms with E-state index in [0.717, 1.165) is 6.54 Å². The lowest BCUT2D eigenvalue weighted by Crippen LogP contribution is -2.13. The number of halogens is 1. The van der Waals surface area contributed by atoms with E-state index in [4.69, 9.17) is 0 Å². The molecule has 1 nitrogen and oxygen atoms in total. The van der Waals surface area contributed by atoms with Gasteiger partial charge in [-0.3, -0.25) is 0 Å². The molecule has 0 aliphatic carbocycles. The van der Waals surface area contributed by atoms with Gasteiger partial charge in [-0.25, -0.2) is 0 Å². The van der Waals surface area contributed by atoms with Gasteiger partial charge in [-0.05, 0) is 35.4 Å². The highest BCUT2D eigenvalue weighted by molar-refractivity contribution is 7.07. The van der Waals surface area contributed by atoms with Crippen LogP contribution in [0.1, 0.15) is 51.0 Å². The van der Waals surface area contributed by atoms with E-state index in [1.54, 1.807) is 11.3 Å². The molecule has 0 saturated heterocycles. The molecular formula is C13H24ClNS. The van der Waals surface area contributed by atoms with Gasteiger partial charge in [-0.15, -0.1) is 12.4 Å². The van der Waals surface area contributed by atoms with Crippen LogP contribution >= 0.6 is 23.7 Å². The molecule has 16 heavy (non-hydrogen) atoms. The maximum atomic E-state index is 3.49. The Morgan fingerprint density at radius 3 is 2.56 bits per heavy atom. The van der Waals surface area contributed by atoms with Crippen molar-refractivity contribution in [2.24, 2.45) is 0 Å². The number of thiophene rings is 1. The minimum atomic E-state index is 0. The van der Waals surface area contributed by atoms with E-state index in [9.17, 15) is 0 Å². The van der Waals surface area contributed by atoms with Crippen LogP contribution in [0.15, 0.2) is 16.8 Å². The Bertz CT molecular complexity index is 224. The van der Waals surface area contributed by atoms with Gasteiger partial charge in [0.25, 0.3) is 0 Å². The maximum Gasteiger partial charge on any atom is 0.0213 e. The van der Waals surface area contributed by atoms with Crippen LogP contribution in [0.4, 0.5) is 0 Å². The second-order valence-electron chi connectivity index (χ2n) is 4.08. The van der Waals surface area contributed by atoms with Crippen LogP contribution in [0.25, 0.3) is 0 Å². The van der Waals surface area contributed by atoms with Crippen molar-refractivity contribution < 1.29 is 0 Å². The molecule has 0 amide bonds. The number of unbranched alkanes of at least 4 members (excludes halogenated alkanes) is 5. The lowest BCUT2D eigenvalue weighted by atomic mass is 10.1. The summed E-state index contributed by atoms with van der Waals surface area (Å²) < 4.78 is 0. The van der Waals surface area contributed by atoms with E-state index in [1.165, 1.54) is 50.6 Å². The fourth-order valence-electron chi connectivity index (χ4n) is 1.66. The van der Waals surface area contributed by atoms with Gasteiger partial charge in [-0.1, -0.05) is 39.0 Å². The zero-order valence-electron chi connectivity index (χ0n) is 10.2. The molecule has 3 heteroatoms. The first kappa shape index (κ1) is 16.0. The number of hydrogen-bond acceptors (Lipinski definition) is 2. The maximum absolute atomic E-state index is 3.49. The van der Waals surface area contributed by atoms with Crippen molar-refractivity contribution in [3.63, 3.8) is 0 Å². The number of rotatable bonds is 9. The molecule has 1 heterocycles. The second-order valence-corrected chi connectivity index (χ2v) is 4.86. The summed E-state index contributed by atoms with van der Waals surface area (Å²) in [6.45, 7) is 4.48. The number of hydrogen-bond donors (Lipinski definition) is 1. The van der Waals surface area contributed by atoms with Gasteiger partial charge in [0, 0.05) is 6.54 Å². The lowest BCUT2D eigenvalue weighted by Gasteiger charge is -2.03. The summed E-state index contributed by atoms with van der Waals surface area (Å²) in [7, 11) is 0. The van der Waals surface area contributed by atoms with E-state index in [-0.39, 0.29) is 12.4 Å². The highest BCUT2D eigenvalue weighted by Crippen LogP contribution is 2.06. The van der Waals surface area contributed by atoms with Gasteiger partial charge in [0.1, 0.15) is 0 Å². The van der Waals surface area contributed by atoms with E-state index >= 15 is 0 Å². The first-order chi connectivity index (χ1) is 7.43. The van der Waals surface area contributed by atoms with Gasteiger partial charge < -0.3 is 5.32 Å². The first-order valence-electron chi connectivity index (χ1n) is 6.15. The summed E-state index contributed by atoms with van der Waals surface area (Å²) >= 11 is 1.78. The van der Waals surface area contributed by atoms with Gasteiger partial charge in [-0.2, -0.15) is 11.3 Å². The SMILES string of the molecule is CCCCCCCCNCc1ccsc1.Cl. The Morgan fingerprint density at radius 2 is 1.88 bits per heavy atom. The van der Waals surface area contributed by atoms with Crippen molar-refractivity contribution in [2.75, 3.05) is 6.54 Å². The third-order valence-electron chi connectivity index (χ3n) is 2.62. The Morgan fingerprint density at radius 1 is 1.12 bits per heavy atom. The van der Waals surface area contributed by atoms with E-state index < -0.39 is 0 Å². The molecular weight excluding hydrogens is 238 g/mol. The lowest BCUT2D eigenvalue weighted by molar-refractivity contribution is 0.572. The summed E-state index contributed by atoms with van der Waals surface area (Å²) in [5.74, 6) is 0. The zero-order valence-corrected chi connectivity index (χ0v) is 11.8. The van der Waals surface area contributed by atoms with Crippen molar-refractivity contribution in [1.82, 2.24) is 5.32 Å². The number of nitrogens with one attached hydrogen (secondary N) is 1. The largest absolute Gasteiger partial charge is 0.313 e. The molecule has 0 atom stereocenters. The molecule has 1 aromatic heterocycles. The summed E-state index contributed by atoms with van der Waals surface area (Å²) in [5.41, 5.74) is 1.42. The molecule has 0 fully saturated rings. The zero-order chi connectivity index (χ0) is 10.8. The third kappa shape index (κ3) is 8.14. The summed E-state index contributed by atoms with van der Waals surface area (Å²) in [6, 6.07) is 2.19. The van der Waals surface area contributed by atoms with Gasteiger partial charge in [0.2, 0.25) is 0 Å². The van der Waals surface area contributed by atoms with Crippen LogP contribution in [-0.4, -0.2) is 6.54 Å². The van der Waals surface area contributed by atoms with Gasteiger partial charge in [0.05, 0.1) is 0 Å². The van der Waals surface area contributed by atoms with Crippen LogP contribution in [0.3, 0.4) is 0 Å². The Balaban J connectivity index is 0.00000225. The monoisotopic (exact) mass is 261 g/mol. The average Bonchev–Trinajstić information content (AvgIpc) is 2.75. The van der Waals surface area contributed by atoms with Crippen LogP contribution < -0.4 is 5.32 Å². The second kappa shape index (κ2) is 11.4. The van der Waals surface area contributed by atoms with Crippen molar-refractivity contribution in [1.29, 1.82) is 0 Å². The molecule has 1 rings (SSSR count). The Hall–Kier alpha value is -0.0500. The summed E-state index contributed by atoms with van der Waals surface area (Å²) in [5, 5.41) is 7.84. The van der Waals surface area contributed by atoms with Crippen LogP contribution in [0, 0.1) is 0 Å². The molecule has 0 bridgehead atoms. The normalized spacial score (nSPS) is 10.1. The highest BCUT2D eigenvalue weighted by atomic mass is 35.5. The minimum Gasteiger partial charge on any atom is -0.313 e. The predicted molar refractivity (Wildman–Crippen MR) is 76.6 cm³/mol. The van der Waals surface area contributed by atoms with Crippen LogP contribution in [0.2, 0.25) is 0 Å². The summed E-state index contributed by atoms with van der Waals surface area (Å²) in [6.07, 6.45) is 8.29. The van der Waals surface area contributed by atoms with Gasteiger partial charge >= 0.3 is 0 Å². The Labute approximate surface area is 110 Å². The topological polar surface area (TPSA) is 12.0 Å². The van der Waals surface area contributed by atoms with Crippen molar-refractivity contribution >= 4 is 23.7 Å². The molecule has 0 aliphatic rings. The molecule has 0 radical (unpaired) electrons. The van der Waals surface area contributed by atoms with E-state index in [0.29, 0.717) is 0 Å². The molecule has 0 spiro atoms. The molecule has 0 aromatic carbocycles. The van der Waals surface area contributed by atoms with Crippen LogP contribution in [-0.2, 0) is 6.54 Å². The Kier molecular flexibility index (Phi) is 11.4. The highest BCUT2D eigenvalue weighted by Gasteiger charge is 1.92. The molecule has 0 saturated carbocycles. The average molecular weight is 262 g/mol. The fourth-order valence-corrected chi connectivity index (χ4v) is 2.32. The quantitative estimate of drug-likeness (QED) is 0.640. The first-order valence-corrected chi connectivity index (χ1v) is 7.09. The van der Waals surface area contributed by atoms with E-state index in [1.807, 2.05) is 0 Å². The molecule has 94 valence electrons. The standard InChI is InChI=1S/C13H23NS.ClH/c1-2-3-4-5-6-7-9-14-11-13-8-10-15-12-13;/h8,10,12,14H,2-7,9,11H2,1H3;1H. The smallest absolute Gasteiger partial charge is 0.0213 e. The molecule has 1 N–H and O–H groups in total. The van der Waals surface area contributed by atoms with Crippen molar-refractivity contribution in [3.8, 4) is 0 Å². The predicted octanol–water partition coefficient (Wildman–Crippen LogP) is 4.62. The third-order valence-corrected chi connectivity index (χ3v) is 3.35. The van der Waals surface area contributed by atoms with Crippen molar-refractivity contribution in [2.45, 2.75) is 52.0 Å². The van der Waals surface area contributed by atoms with E-state index in [2.05, 4.69) is 29.1 Å². The molecule has 0 unspecified atom stereocenters. The molecule has 0 aliphatic heterocycles. The fraction of sp³-hybridized carbons (Fsp3) is 0.692. The van der Waals surface area contributed by atoms with Gasteiger partial charge in [0.15, 0.2) is 0 Å².